The van der Waals surface area contributed by atoms with Gasteiger partial charge in [0, 0.05) is 5.56 Å². The summed E-state index contributed by atoms with van der Waals surface area (Å²) < 4.78 is 4.98. The fraction of sp³-hybridized carbons (Fsp3) is 0.167. The predicted octanol–water partition coefficient (Wildman–Crippen LogP) is 4.03. The molecule has 0 atom stereocenters. The number of ether oxygens (including phenoxy) is 1. The minimum absolute atomic E-state index is 0.259. The summed E-state index contributed by atoms with van der Waals surface area (Å²) in [5.41, 5.74) is 1.09. The van der Waals surface area contributed by atoms with Crippen molar-refractivity contribution in [1.29, 1.82) is 0 Å². The molecular formula is C18H16N2O3S. The summed E-state index contributed by atoms with van der Waals surface area (Å²) in [6, 6.07) is 13.3. The lowest BCUT2D eigenvalue weighted by atomic mass is 10.1. The number of hydrogen-bond acceptors (Lipinski definition) is 5. The van der Waals surface area contributed by atoms with Gasteiger partial charge in [-0.3, -0.25) is 10.1 Å². The van der Waals surface area contributed by atoms with Crippen molar-refractivity contribution >= 4 is 39.1 Å². The van der Waals surface area contributed by atoms with Crippen molar-refractivity contribution in [3.05, 3.63) is 58.6 Å². The normalized spacial score (nSPS) is 10.6. The highest BCUT2D eigenvalue weighted by molar-refractivity contribution is 7.17. The highest BCUT2D eigenvalue weighted by Gasteiger charge is 2.18. The molecule has 0 fully saturated rings. The number of hydrogen-bond donors (Lipinski definition) is 1. The lowest BCUT2D eigenvalue weighted by Gasteiger charge is -2.03. The molecule has 0 saturated carbocycles. The minimum Gasteiger partial charge on any atom is -0.462 e. The van der Waals surface area contributed by atoms with Crippen molar-refractivity contribution in [2.45, 2.75) is 13.8 Å². The molecule has 0 aliphatic carbocycles. The minimum atomic E-state index is -0.418. The second-order valence-corrected chi connectivity index (χ2v) is 6.17. The second-order valence-electron chi connectivity index (χ2n) is 5.17. The first-order valence-electron chi connectivity index (χ1n) is 7.53. The summed E-state index contributed by atoms with van der Waals surface area (Å²) in [7, 11) is 0. The van der Waals surface area contributed by atoms with Crippen molar-refractivity contribution < 1.29 is 14.3 Å². The third kappa shape index (κ3) is 3.28. The quantitative estimate of drug-likeness (QED) is 0.728. The van der Waals surface area contributed by atoms with Gasteiger partial charge in [0.2, 0.25) is 0 Å². The van der Waals surface area contributed by atoms with Crippen LogP contribution in [0.4, 0.5) is 5.13 Å². The van der Waals surface area contributed by atoms with Gasteiger partial charge in [-0.25, -0.2) is 9.78 Å². The van der Waals surface area contributed by atoms with Gasteiger partial charge in [-0.05, 0) is 36.8 Å². The molecule has 1 amide bonds. The molecule has 0 saturated heterocycles. The van der Waals surface area contributed by atoms with Gasteiger partial charge in [0.1, 0.15) is 4.88 Å². The van der Waals surface area contributed by atoms with Crippen LogP contribution >= 0.6 is 11.3 Å². The molecule has 2 aromatic carbocycles. The van der Waals surface area contributed by atoms with Gasteiger partial charge >= 0.3 is 5.97 Å². The summed E-state index contributed by atoms with van der Waals surface area (Å²) >= 11 is 1.12. The van der Waals surface area contributed by atoms with E-state index in [1.165, 1.54) is 0 Å². The first-order chi connectivity index (χ1) is 11.6. The zero-order chi connectivity index (χ0) is 17.1. The van der Waals surface area contributed by atoms with E-state index in [0.717, 1.165) is 22.1 Å². The Hall–Kier alpha value is -2.73. The Morgan fingerprint density at radius 2 is 1.92 bits per heavy atom. The van der Waals surface area contributed by atoms with Crippen LogP contribution in [0.2, 0.25) is 0 Å². The van der Waals surface area contributed by atoms with Crippen LogP contribution in [0.25, 0.3) is 10.8 Å². The maximum atomic E-state index is 12.4. The summed E-state index contributed by atoms with van der Waals surface area (Å²) in [5, 5.41) is 5.19. The largest absolute Gasteiger partial charge is 0.462 e. The van der Waals surface area contributed by atoms with Gasteiger partial charge in [-0.2, -0.15) is 0 Å². The number of nitrogens with one attached hydrogen (secondary N) is 1. The molecule has 5 nitrogen and oxygen atoms in total. The molecule has 3 rings (SSSR count). The summed E-state index contributed by atoms with van der Waals surface area (Å²) in [6.45, 7) is 3.76. The molecule has 0 bridgehead atoms. The third-order valence-electron chi connectivity index (χ3n) is 3.49. The Labute approximate surface area is 143 Å². The molecule has 0 radical (unpaired) electrons. The molecule has 1 aromatic heterocycles. The van der Waals surface area contributed by atoms with E-state index in [0.29, 0.717) is 27.9 Å². The molecule has 6 heteroatoms. The van der Waals surface area contributed by atoms with Gasteiger partial charge < -0.3 is 4.74 Å². The molecule has 1 N–H and O–H groups in total. The predicted molar refractivity (Wildman–Crippen MR) is 94.7 cm³/mol. The van der Waals surface area contributed by atoms with E-state index in [-0.39, 0.29) is 5.91 Å². The number of aromatic nitrogens is 1. The van der Waals surface area contributed by atoms with Crippen molar-refractivity contribution in [1.82, 2.24) is 4.98 Å². The number of thiazole rings is 1. The highest BCUT2D eigenvalue weighted by atomic mass is 32.1. The Morgan fingerprint density at radius 3 is 2.67 bits per heavy atom. The van der Waals surface area contributed by atoms with Crippen LogP contribution < -0.4 is 5.32 Å². The van der Waals surface area contributed by atoms with Crippen LogP contribution in [0, 0.1) is 6.92 Å². The van der Waals surface area contributed by atoms with Gasteiger partial charge in [0.25, 0.3) is 5.91 Å². The number of carbonyl (C=O) groups is 2. The fourth-order valence-electron chi connectivity index (χ4n) is 2.34. The van der Waals surface area contributed by atoms with Gasteiger partial charge in [0.15, 0.2) is 5.13 Å². The number of benzene rings is 2. The SMILES string of the molecule is CCOC(=O)c1sc(NC(=O)c2ccc3ccccc3c2)nc1C. The van der Waals surface area contributed by atoms with E-state index < -0.39 is 5.97 Å². The monoisotopic (exact) mass is 340 g/mol. The molecule has 0 aliphatic heterocycles. The van der Waals surface area contributed by atoms with Crippen LogP contribution in [0.1, 0.15) is 32.6 Å². The van der Waals surface area contributed by atoms with E-state index in [2.05, 4.69) is 10.3 Å². The maximum absolute atomic E-state index is 12.4. The Balaban J connectivity index is 1.81. The number of rotatable bonds is 4. The van der Waals surface area contributed by atoms with E-state index in [1.54, 1.807) is 19.9 Å². The number of aryl methyl sites for hydroxylation is 1. The molecule has 122 valence electrons. The van der Waals surface area contributed by atoms with E-state index in [4.69, 9.17) is 4.74 Å². The Kier molecular flexibility index (Phi) is 4.57. The first-order valence-corrected chi connectivity index (χ1v) is 8.35. The van der Waals surface area contributed by atoms with Gasteiger partial charge in [-0.1, -0.05) is 41.7 Å². The van der Waals surface area contributed by atoms with Gasteiger partial charge in [0.05, 0.1) is 12.3 Å². The third-order valence-corrected chi connectivity index (χ3v) is 4.54. The van der Waals surface area contributed by atoms with Gasteiger partial charge in [-0.15, -0.1) is 0 Å². The number of carbonyl (C=O) groups excluding carboxylic acids is 2. The Morgan fingerprint density at radius 1 is 1.17 bits per heavy atom. The van der Waals surface area contributed by atoms with Crippen LogP contribution in [0.3, 0.4) is 0 Å². The molecule has 3 aromatic rings. The standard InChI is InChI=1S/C18H16N2O3S/c1-3-23-17(22)15-11(2)19-18(24-15)20-16(21)14-9-8-12-6-4-5-7-13(12)10-14/h4-10H,3H2,1-2H3,(H,19,20,21). The van der Waals surface area contributed by atoms with Crippen LogP contribution in [0.15, 0.2) is 42.5 Å². The average molecular weight is 340 g/mol. The summed E-state index contributed by atoms with van der Waals surface area (Å²) in [4.78, 5) is 28.9. The molecule has 1 heterocycles. The van der Waals surface area contributed by atoms with Crippen LogP contribution in [0.5, 0.6) is 0 Å². The number of nitrogens with zero attached hydrogens (tertiary/aromatic N) is 1. The van der Waals surface area contributed by atoms with E-state index >= 15 is 0 Å². The number of anilines is 1. The first kappa shape index (κ1) is 16.1. The average Bonchev–Trinajstić information content (AvgIpc) is 2.95. The van der Waals surface area contributed by atoms with Crippen molar-refractivity contribution in [2.75, 3.05) is 11.9 Å². The topological polar surface area (TPSA) is 68.3 Å². The number of fused-ring (bicyclic) bond motifs is 1. The lowest BCUT2D eigenvalue weighted by molar-refractivity contribution is 0.0531. The fourth-order valence-corrected chi connectivity index (χ4v) is 3.19. The summed E-state index contributed by atoms with van der Waals surface area (Å²) in [6.07, 6.45) is 0. The molecule has 0 aliphatic rings. The maximum Gasteiger partial charge on any atom is 0.350 e. The second kappa shape index (κ2) is 6.80. The molecule has 0 spiro atoms. The zero-order valence-electron chi connectivity index (χ0n) is 13.3. The molecular weight excluding hydrogens is 324 g/mol. The number of esters is 1. The van der Waals surface area contributed by atoms with Crippen LogP contribution in [-0.2, 0) is 4.74 Å². The highest BCUT2D eigenvalue weighted by Crippen LogP contribution is 2.24. The van der Waals surface area contributed by atoms with Crippen molar-refractivity contribution in [3.63, 3.8) is 0 Å². The van der Waals surface area contributed by atoms with E-state index in [1.807, 2.05) is 36.4 Å². The van der Waals surface area contributed by atoms with E-state index in [9.17, 15) is 9.59 Å². The zero-order valence-corrected chi connectivity index (χ0v) is 14.1. The van der Waals surface area contributed by atoms with Crippen molar-refractivity contribution in [2.24, 2.45) is 0 Å². The van der Waals surface area contributed by atoms with Crippen LogP contribution in [-0.4, -0.2) is 23.5 Å². The van der Waals surface area contributed by atoms with Crippen molar-refractivity contribution in [3.8, 4) is 0 Å². The summed E-state index contributed by atoms with van der Waals surface area (Å²) in [5.74, 6) is -0.677. The smallest absolute Gasteiger partial charge is 0.350 e. The molecule has 0 unspecified atom stereocenters. The number of amides is 1. The lowest BCUT2D eigenvalue weighted by Crippen LogP contribution is -2.11. The Bertz CT molecular complexity index is 918. The molecule has 24 heavy (non-hydrogen) atoms.